The molecule has 1 aliphatic rings. The molecule has 1 saturated carbocycles. The van der Waals surface area contributed by atoms with Crippen LogP contribution < -0.4 is 10.5 Å². The van der Waals surface area contributed by atoms with Crippen molar-refractivity contribution in [3.05, 3.63) is 16.3 Å². The molecule has 0 spiro atoms. The molecule has 0 aromatic carbocycles. The van der Waals surface area contributed by atoms with Gasteiger partial charge < -0.3 is 10.5 Å². The monoisotopic (exact) mass is 196 g/mol. The van der Waals surface area contributed by atoms with Gasteiger partial charge in [-0.15, -0.1) is 0 Å². The van der Waals surface area contributed by atoms with E-state index < -0.39 is 4.92 Å². The van der Waals surface area contributed by atoms with Crippen molar-refractivity contribution < 1.29 is 9.66 Å². The molecule has 0 unspecified atom stereocenters. The zero-order valence-electron chi connectivity index (χ0n) is 7.21. The summed E-state index contributed by atoms with van der Waals surface area (Å²) in [6.07, 6.45) is 2.91. The molecule has 7 nitrogen and oxygen atoms in total. The highest BCUT2D eigenvalue weighted by atomic mass is 16.6. The molecule has 0 amide bonds. The Morgan fingerprint density at radius 1 is 1.64 bits per heavy atom. The normalized spacial score (nSPS) is 15.1. The van der Waals surface area contributed by atoms with Gasteiger partial charge in [0.15, 0.2) is 0 Å². The quantitative estimate of drug-likeness (QED) is 0.557. The SMILES string of the molecule is Nc1ncc([N+](=O)[O-])c(OC2CC2)n1. The fourth-order valence-corrected chi connectivity index (χ4v) is 0.928. The van der Waals surface area contributed by atoms with Crippen LogP contribution in [0, 0.1) is 10.1 Å². The highest BCUT2D eigenvalue weighted by Crippen LogP contribution is 2.31. The summed E-state index contributed by atoms with van der Waals surface area (Å²) in [6.45, 7) is 0. The Labute approximate surface area is 79.1 Å². The van der Waals surface area contributed by atoms with Crippen LogP contribution in [0.1, 0.15) is 12.8 Å². The maximum absolute atomic E-state index is 10.5. The van der Waals surface area contributed by atoms with Gasteiger partial charge in [0.2, 0.25) is 5.95 Å². The number of aromatic nitrogens is 2. The maximum Gasteiger partial charge on any atom is 0.349 e. The van der Waals surface area contributed by atoms with Gasteiger partial charge in [-0.3, -0.25) is 10.1 Å². The summed E-state index contributed by atoms with van der Waals surface area (Å²) in [4.78, 5) is 17.2. The number of rotatable bonds is 3. The minimum atomic E-state index is -0.586. The Balaban J connectivity index is 2.31. The molecule has 0 bridgehead atoms. The molecular formula is C7H8N4O3. The highest BCUT2D eigenvalue weighted by molar-refractivity contribution is 5.41. The van der Waals surface area contributed by atoms with Gasteiger partial charge in [-0.2, -0.15) is 4.98 Å². The van der Waals surface area contributed by atoms with Gasteiger partial charge in [-0.05, 0) is 12.8 Å². The number of nitrogens with two attached hydrogens (primary N) is 1. The van der Waals surface area contributed by atoms with Crippen molar-refractivity contribution in [2.45, 2.75) is 18.9 Å². The number of anilines is 1. The second kappa shape index (κ2) is 3.09. The van der Waals surface area contributed by atoms with Crippen LogP contribution in [0.5, 0.6) is 5.88 Å². The first kappa shape index (κ1) is 8.67. The predicted octanol–water partition coefficient (Wildman–Crippen LogP) is 0.508. The molecule has 1 heterocycles. The number of ether oxygens (including phenoxy) is 1. The van der Waals surface area contributed by atoms with Crippen LogP contribution in [0.3, 0.4) is 0 Å². The molecule has 7 heteroatoms. The molecule has 74 valence electrons. The average molecular weight is 196 g/mol. The number of hydrogen-bond acceptors (Lipinski definition) is 6. The summed E-state index contributed by atoms with van der Waals surface area (Å²) >= 11 is 0. The average Bonchev–Trinajstić information content (AvgIpc) is 2.87. The Kier molecular flexibility index (Phi) is 1.91. The molecule has 2 N–H and O–H groups in total. The van der Waals surface area contributed by atoms with Crippen LogP contribution in [0.25, 0.3) is 0 Å². The Bertz CT molecular complexity index is 377. The number of nitrogen functional groups attached to an aromatic ring is 1. The highest BCUT2D eigenvalue weighted by Gasteiger charge is 2.28. The third-order valence-electron chi connectivity index (χ3n) is 1.75. The summed E-state index contributed by atoms with van der Waals surface area (Å²) in [7, 11) is 0. The first-order chi connectivity index (χ1) is 6.66. The number of nitro groups is 1. The van der Waals surface area contributed by atoms with Crippen molar-refractivity contribution in [1.29, 1.82) is 0 Å². The van der Waals surface area contributed by atoms with Crippen molar-refractivity contribution in [2.24, 2.45) is 0 Å². The van der Waals surface area contributed by atoms with Gasteiger partial charge in [0.05, 0.1) is 4.92 Å². The molecule has 0 atom stereocenters. The number of nitrogens with zero attached hydrogens (tertiary/aromatic N) is 3. The first-order valence-corrected chi connectivity index (χ1v) is 4.10. The fraction of sp³-hybridized carbons (Fsp3) is 0.429. The van der Waals surface area contributed by atoms with Crippen molar-refractivity contribution >= 4 is 11.6 Å². The summed E-state index contributed by atoms with van der Waals surface area (Å²) in [6, 6.07) is 0. The third kappa shape index (κ3) is 1.70. The summed E-state index contributed by atoms with van der Waals surface area (Å²) < 4.78 is 5.23. The zero-order chi connectivity index (χ0) is 10.1. The van der Waals surface area contributed by atoms with Crippen LogP contribution in [-0.2, 0) is 0 Å². The van der Waals surface area contributed by atoms with Gasteiger partial charge in [-0.25, -0.2) is 4.98 Å². The lowest BCUT2D eigenvalue weighted by molar-refractivity contribution is -0.386. The standard InChI is InChI=1S/C7H8N4O3/c8-7-9-3-5(11(12)13)6(10-7)14-4-1-2-4/h3-4H,1-2H2,(H2,8,9,10). The molecule has 1 fully saturated rings. The molecule has 0 radical (unpaired) electrons. The van der Waals surface area contributed by atoms with E-state index in [0.717, 1.165) is 19.0 Å². The molecule has 1 aromatic heterocycles. The van der Waals surface area contributed by atoms with Crippen molar-refractivity contribution in [2.75, 3.05) is 5.73 Å². The molecule has 2 rings (SSSR count). The van der Waals surface area contributed by atoms with Gasteiger partial charge >= 0.3 is 5.69 Å². The Hall–Kier alpha value is -1.92. The zero-order valence-corrected chi connectivity index (χ0v) is 7.21. The van der Waals surface area contributed by atoms with Crippen molar-refractivity contribution in [3.8, 4) is 5.88 Å². The van der Waals surface area contributed by atoms with Crippen LogP contribution in [0.4, 0.5) is 11.6 Å². The first-order valence-electron chi connectivity index (χ1n) is 4.10. The summed E-state index contributed by atoms with van der Waals surface area (Å²) in [5, 5.41) is 10.5. The van der Waals surface area contributed by atoms with E-state index in [2.05, 4.69) is 9.97 Å². The van der Waals surface area contributed by atoms with Gasteiger partial charge in [0, 0.05) is 0 Å². The minimum Gasteiger partial charge on any atom is -0.469 e. The van der Waals surface area contributed by atoms with Gasteiger partial charge in [0.1, 0.15) is 12.3 Å². The van der Waals surface area contributed by atoms with Crippen molar-refractivity contribution in [3.63, 3.8) is 0 Å². The van der Waals surface area contributed by atoms with Crippen LogP contribution >= 0.6 is 0 Å². The van der Waals surface area contributed by atoms with E-state index in [0.29, 0.717) is 0 Å². The molecule has 1 aliphatic carbocycles. The molecule has 0 saturated heterocycles. The van der Waals surface area contributed by atoms with E-state index in [1.807, 2.05) is 0 Å². The lowest BCUT2D eigenvalue weighted by Crippen LogP contribution is -2.05. The second-order valence-electron chi connectivity index (χ2n) is 2.99. The largest absolute Gasteiger partial charge is 0.469 e. The third-order valence-corrected chi connectivity index (χ3v) is 1.75. The number of hydrogen-bond donors (Lipinski definition) is 1. The Morgan fingerprint density at radius 3 is 2.93 bits per heavy atom. The fourth-order valence-electron chi connectivity index (χ4n) is 0.928. The smallest absolute Gasteiger partial charge is 0.349 e. The second-order valence-corrected chi connectivity index (χ2v) is 2.99. The van der Waals surface area contributed by atoms with Gasteiger partial charge in [-0.1, -0.05) is 0 Å². The summed E-state index contributed by atoms with van der Waals surface area (Å²) in [5.41, 5.74) is 5.05. The molecular weight excluding hydrogens is 188 g/mol. The van der Waals surface area contributed by atoms with Crippen molar-refractivity contribution in [1.82, 2.24) is 9.97 Å². The molecule has 14 heavy (non-hydrogen) atoms. The Morgan fingerprint density at radius 2 is 2.36 bits per heavy atom. The van der Waals surface area contributed by atoms with E-state index in [4.69, 9.17) is 10.5 Å². The molecule has 1 aromatic rings. The minimum absolute atomic E-state index is 0.0220. The van der Waals surface area contributed by atoms with Crippen LogP contribution in [-0.4, -0.2) is 21.0 Å². The maximum atomic E-state index is 10.5. The van der Waals surface area contributed by atoms with E-state index in [1.165, 1.54) is 0 Å². The molecule has 0 aliphatic heterocycles. The van der Waals surface area contributed by atoms with Gasteiger partial charge in [0.25, 0.3) is 5.88 Å². The van der Waals surface area contributed by atoms with E-state index in [-0.39, 0.29) is 23.6 Å². The summed E-state index contributed by atoms with van der Waals surface area (Å²) in [5.74, 6) is -0.0590. The van der Waals surface area contributed by atoms with E-state index in [1.54, 1.807) is 0 Å². The lowest BCUT2D eigenvalue weighted by atomic mass is 10.5. The predicted molar refractivity (Wildman–Crippen MR) is 46.7 cm³/mol. The van der Waals surface area contributed by atoms with E-state index >= 15 is 0 Å². The van der Waals surface area contributed by atoms with Crippen LogP contribution in [0.15, 0.2) is 6.20 Å². The van der Waals surface area contributed by atoms with E-state index in [9.17, 15) is 10.1 Å². The lowest BCUT2D eigenvalue weighted by Gasteiger charge is -2.03. The van der Waals surface area contributed by atoms with Crippen LogP contribution in [0.2, 0.25) is 0 Å². The topological polar surface area (TPSA) is 104 Å².